The molecule has 0 spiro atoms. The Balaban J connectivity index is 1.28. The topological polar surface area (TPSA) is 130 Å². The van der Waals surface area contributed by atoms with Gasteiger partial charge in [-0.05, 0) is 68.3 Å². The van der Waals surface area contributed by atoms with Crippen LogP contribution in [0.15, 0.2) is 42.7 Å². The highest BCUT2D eigenvalue weighted by molar-refractivity contribution is 6.11. The number of nitrogens with one attached hydrogen (secondary N) is 4. The van der Waals surface area contributed by atoms with Gasteiger partial charge in [0.15, 0.2) is 0 Å². The number of amides is 2. The monoisotopic (exact) mass is 608 g/mol. The van der Waals surface area contributed by atoms with Crippen molar-refractivity contribution in [3.05, 3.63) is 76.5 Å². The first-order chi connectivity index (χ1) is 21.0. The van der Waals surface area contributed by atoms with Crippen LogP contribution >= 0.6 is 0 Å². The molecule has 1 aromatic carbocycles. The maximum atomic E-state index is 13.8. The van der Waals surface area contributed by atoms with Crippen LogP contribution in [0.25, 0.3) is 6.08 Å². The molecule has 3 heterocycles. The lowest BCUT2D eigenvalue weighted by Crippen LogP contribution is -2.45. The summed E-state index contributed by atoms with van der Waals surface area (Å²) in [5.41, 5.74) is 0.682. The molecule has 1 saturated carbocycles. The number of halogens is 3. The van der Waals surface area contributed by atoms with Gasteiger partial charge in [0.25, 0.3) is 5.91 Å². The molecule has 13 heteroatoms. The fraction of sp³-hybridized carbons (Fsp3) is 0.387. The number of aromatic nitrogens is 3. The lowest BCUT2D eigenvalue weighted by atomic mass is 10.0. The summed E-state index contributed by atoms with van der Waals surface area (Å²) in [5, 5.41) is 13.9. The summed E-state index contributed by atoms with van der Waals surface area (Å²) < 4.78 is 41.3. The third kappa shape index (κ3) is 7.97. The fourth-order valence-electron chi connectivity index (χ4n) is 4.99. The standard InChI is InChI=1S/C31H35F3N8O2/c1-3-41-8-10-42(11-9-41)18-20-12-23(31(32,33)34)15-24(13-20)38-30(44)22-14-25(19(2)36-16-22)26(35)6-7-27-37-17-28(39-27)40-29(43)21-4-5-21/h6-7,12-17,21,35H,3-5,8-11,18H2,1-2H3,(H,37,39)(H,38,44)(H,40,43)/b7-6-,35-26?. The molecule has 1 saturated heterocycles. The van der Waals surface area contributed by atoms with E-state index in [4.69, 9.17) is 5.41 Å². The van der Waals surface area contributed by atoms with Gasteiger partial charge in [-0.1, -0.05) is 6.92 Å². The molecule has 0 bridgehead atoms. The lowest BCUT2D eigenvalue weighted by Gasteiger charge is -2.34. The van der Waals surface area contributed by atoms with Crippen LogP contribution in [0.4, 0.5) is 24.7 Å². The number of benzene rings is 1. The Kier molecular flexibility index (Phi) is 9.25. The fourth-order valence-corrected chi connectivity index (χ4v) is 4.99. The molecule has 2 fully saturated rings. The van der Waals surface area contributed by atoms with E-state index in [0.29, 0.717) is 35.0 Å². The number of allylic oxidation sites excluding steroid dienone is 1. The minimum atomic E-state index is -4.58. The first kappa shape index (κ1) is 31.1. The quantitative estimate of drug-likeness (QED) is 0.241. The van der Waals surface area contributed by atoms with Crippen LogP contribution in [0.5, 0.6) is 0 Å². The van der Waals surface area contributed by atoms with Gasteiger partial charge in [-0.25, -0.2) is 4.98 Å². The second-order valence-electron chi connectivity index (χ2n) is 11.1. The third-order valence-electron chi connectivity index (χ3n) is 7.74. The normalized spacial score (nSPS) is 16.3. The predicted octanol–water partition coefficient (Wildman–Crippen LogP) is 4.95. The van der Waals surface area contributed by atoms with E-state index >= 15 is 0 Å². The average molecular weight is 609 g/mol. The van der Waals surface area contributed by atoms with E-state index in [0.717, 1.165) is 57.7 Å². The number of aromatic amines is 1. The second kappa shape index (κ2) is 13.1. The number of carbonyl (C=O) groups excluding carboxylic acids is 2. The molecule has 0 atom stereocenters. The number of H-pyrrole nitrogens is 1. The second-order valence-corrected chi connectivity index (χ2v) is 11.1. The number of anilines is 2. The van der Waals surface area contributed by atoms with Crippen molar-refractivity contribution in [1.82, 2.24) is 24.8 Å². The highest BCUT2D eigenvalue weighted by Crippen LogP contribution is 2.33. The first-order valence-corrected chi connectivity index (χ1v) is 14.5. The van der Waals surface area contributed by atoms with Crippen molar-refractivity contribution in [3.63, 3.8) is 0 Å². The molecule has 232 valence electrons. The Bertz CT molecular complexity index is 1570. The van der Waals surface area contributed by atoms with Gasteiger partial charge >= 0.3 is 6.18 Å². The number of hydrogen-bond acceptors (Lipinski definition) is 7. The summed E-state index contributed by atoms with van der Waals surface area (Å²) in [7, 11) is 0. The van der Waals surface area contributed by atoms with Gasteiger partial charge in [0, 0.05) is 61.8 Å². The van der Waals surface area contributed by atoms with E-state index in [1.807, 2.05) is 0 Å². The Morgan fingerprint density at radius 1 is 1.05 bits per heavy atom. The van der Waals surface area contributed by atoms with Crippen molar-refractivity contribution in [2.24, 2.45) is 5.92 Å². The highest BCUT2D eigenvalue weighted by atomic mass is 19.4. The SMILES string of the molecule is CCN1CCN(Cc2cc(NC(=O)c3cnc(C)c(C(=N)/C=C\c4ncc(NC(=O)C5CC5)[nH]4)c3)cc(C(F)(F)F)c2)CC1. The van der Waals surface area contributed by atoms with Gasteiger partial charge < -0.3 is 25.9 Å². The smallest absolute Gasteiger partial charge is 0.325 e. The van der Waals surface area contributed by atoms with Gasteiger partial charge in [0.05, 0.1) is 23.0 Å². The molecular formula is C31H35F3N8O2. The van der Waals surface area contributed by atoms with E-state index in [9.17, 15) is 22.8 Å². The Labute approximate surface area is 253 Å². The molecule has 4 N–H and O–H groups in total. The van der Waals surface area contributed by atoms with Crippen molar-refractivity contribution in [2.75, 3.05) is 43.4 Å². The van der Waals surface area contributed by atoms with Crippen molar-refractivity contribution in [1.29, 1.82) is 5.41 Å². The molecule has 5 rings (SSSR count). The van der Waals surface area contributed by atoms with Crippen LogP contribution in [0.3, 0.4) is 0 Å². The molecule has 44 heavy (non-hydrogen) atoms. The molecular weight excluding hydrogens is 573 g/mol. The van der Waals surface area contributed by atoms with Gasteiger partial charge in [-0.15, -0.1) is 0 Å². The summed E-state index contributed by atoms with van der Waals surface area (Å²) in [4.78, 5) is 40.9. The molecule has 2 aliphatic rings. The molecule has 10 nitrogen and oxygen atoms in total. The number of rotatable bonds is 10. The molecule has 0 radical (unpaired) electrons. The van der Waals surface area contributed by atoms with Crippen LogP contribution in [0.2, 0.25) is 0 Å². The number of piperazine rings is 1. The van der Waals surface area contributed by atoms with E-state index in [2.05, 4.69) is 42.3 Å². The first-order valence-electron chi connectivity index (χ1n) is 14.5. The van der Waals surface area contributed by atoms with Crippen LogP contribution in [-0.4, -0.2) is 75.0 Å². The summed E-state index contributed by atoms with van der Waals surface area (Å²) in [5.74, 6) is 0.238. The maximum absolute atomic E-state index is 13.8. The van der Waals surface area contributed by atoms with E-state index in [1.165, 1.54) is 24.5 Å². The summed E-state index contributed by atoms with van der Waals surface area (Å²) in [6, 6.07) is 5.10. The minimum absolute atomic E-state index is 0.0338. The van der Waals surface area contributed by atoms with Gasteiger partial charge in [0.1, 0.15) is 11.6 Å². The molecule has 3 aromatic rings. The molecule has 1 aliphatic carbocycles. The average Bonchev–Trinajstić information content (AvgIpc) is 3.75. The predicted molar refractivity (Wildman–Crippen MR) is 162 cm³/mol. The summed E-state index contributed by atoms with van der Waals surface area (Å²) >= 11 is 0. The summed E-state index contributed by atoms with van der Waals surface area (Å²) in [6.07, 6.45) is 3.05. The van der Waals surface area contributed by atoms with Crippen molar-refractivity contribution in [3.8, 4) is 0 Å². The molecule has 2 amide bonds. The summed E-state index contributed by atoms with van der Waals surface area (Å²) in [6.45, 7) is 8.26. The highest BCUT2D eigenvalue weighted by Gasteiger charge is 2.32. The maximum Gasteiger partial charge on any atom is 0.416 e. The Hall–Kier alpha value is -4.36. The van der Waals surface area contributed by atoms with Gasteiger partial charge in [-0.3, -0.25) is 19.5 Å². The van der Waals surface area contributed by atoms with Crippen LogP contribution in [0, 0.1) is 18.3 Å². The number of imidazole rings is 1. The van der Waals surface area contributed by atoms with Gasteiger partial charge in [0.2, 0.25) is 5.91 Å². The molecule has 0 unspecified atom stereocenters. The molecule has 2 aromatic heterocycles. The zero-order chi connectivity index (χ0) is 31.4. The number of alkyl halides is 3. The largest absolute Gasteiger partial charge is 0.416 e. The zero-order valence-corrected chi connectivity index (χ0v) is 24.6. The lowest BCUT2D eigenvalue weighted by molar-refractivity contribution is -0.137. The minimum Gasteiger partial charge on any atom is -0.325 e. The van der Waals surface area contributed by atoms with Crippen LogP contribution in [0.1, 0.15) is 58.3 Å². The Morgan fingerprint density at radius 2 is 1.77 bits per heavy atom. The number of carbonyl (C=O) groups is 2. The van der Waals surface area contributed by atoms with Crippen LogP contribution < -0.4 is 10.6 Å². The van der Waals surface area contributed by atoms with Crippen LogP contribution in [-0.2, 0) is 17.5 Å². The third-order valence-corrected chi connectivity index (χ3v) is 7.74. The zero-order valence-electron chi connectivity index (χ0n) is 24.6. The van der Waals surface area contributed by atoms with Crippen molar-refractivity contribution < 1.29 is 22.8 Å². The van der Waals surface area contributed by atoms with E-state index < -0.39 is 17.6 Å². The number of nitrogens with zero attached hydrogens (tertiary/aromatic N) is 4. The number of likely N-dealkylation sites (N-methyl/N-ethyl adjacent to an activating group) is 1. The van der Waals surface area contributed by atoms with E-state index in [1.54, 1.807) is 19.1 Å². The van der Waals surface area contributed by atoms with Crippen molar-refractivity contribution >= 4 is 35.1 Å². The number of aryl methyl sites for hydroxylation is 1. The Morgan fingerprint density at radius 3 is 2.45 bits per heavy atom. The van der Waals surface area contributed by atoms with Gasteiger partial charge in [-0.2, -0.15) is 13.2 Å². The molecule has 1 aliphatic heterocycles. The number of pyridine rings is 1. The van der Waals surface area contributed by atoms with E-state index in [-0.39, 0.29) is 28.8 Å². The number of hydrogen-bond donors (Lipinski definition) is 4. The van der Waals surface area contributed by atoms with Crippen molar-refractivity contribution in [2.45, 2.75) is 39.4 Å².